The number of likely N-dealkylation sites (tertiary alicyclic amines) is 2. The van der Waals surface area contributed by atoms with Gasteiger partial charge >= 0.3 is 0 Å². The van der Waals surface area contributed by atoms with Crippen molar-refractivity contribution in [1.82, 2.24) is 19.6 Å². The first-order valence-corrected chi connectivity index (χ1v) is 11.8. The van der Waals surface area contributed by atoms with E-state index in [-0.39, 0.29) is 0 Å². The second kappa shape index (κ2) is 8.97. The maximum absolute atomic E-state index is 12.0. The highest BCUT2D eigenvalue weighted by Crippen LogP contribution is 2.39. The lowest BCUT2D eigenvalue weighted by Gasteiger charge is -2.47. The van der Waals surface area contributed by atoms with Crippen molar-refractivity contribution in [2.75, 3.05) is 59.9 Å². The van der Waals surface area contributed by atoms with E-state index in [1.165, 1.54) is 67.8 Å². The molecule has 0 aliphatic carbocycles. The summed E-state index contributed by atoms with van der Waals surface area (Å²) in [6, 6.07) is 4.80. The predicted octanol–water partition coefficient (Wildman–Crippen LogP) is 2.89. The maximum atomic E-state index is 12.0. The van der Waals surface area contributed by atoms with Gasteiger partial charge in [0, 0.05) is 71.2 Å². The summed E-state index contributed by atoms with van der Waals surface area (Å²) in [6.45, 7) is 14.6. The first-order valence-electron chi connectivity index (χ1n) is 11.8. The molecular formula is C25H40N4O. The predicted molar refractivity (Wildman–Crippen MR) is 123 cm³/mol. The molecule has 0 aromatic heterocycles. The summed E-state index contributed by atoms with van der Waals surface area (Å²) < 4.78 is 0. The summed E-state index contributed by atoms with van der Waals surface area (Å²) in [5, 5.41) is 0. The van der Waals surface area contributed by atoms with Gasteiger partial charge in [-0.25, -0.2) is 0 Å². The van der Waals surface area contributed by atoms with Crippen molar-refractivity contribution in [2.24, 2.45) is 5.41 Å². The fourth-order valence-electron chi connectivity index (χ4n) is 5.84. The number of piperazine rings is 1. The fraction of sp³-hybridized carbons (Fsp3) is 0.720. The highest BCUT2D eigenvalue weighted by atomic mass is 16.2. The van der Waals surface area contributed by atoms with Crippen molar-refractivity contribution < 1.29 is 4.79 Å². The molecule has 3 aliphatic rings. The van der Waals surface area contributed by atoms with Crippen molar-refractivity contribution in [2.45, 2.75) is 52.6 Å². The Kier molecular flexibility index (Phi) is 6.52. The topological polar surface area (TPSA) is 30.0 Å². The molecule has 1 aromatic carbocycles. The normalized spacial score (nSPS) is 27.2. The van der Waals surface area contributed by atoms with Crippen molar-refractivity contribution in [3.8, 4) is 0 Å². The largest absolute Gasteiger partial charge is 0.345 e. The first-order chi connectivity index (χ1) is 14.3. The van der Waals surface area contributed by atoms with E-state index in [0.717, 1.165) is 39.0 Å². The minimum absolute atomic E-state index is 0.307. The zero-order chi connectivity index (χ0) is 21.3. The van der Waals surface area contributed by atoms with E-state index in [2.05, 4.69) is 47.7 Å². The van der Waals surface area contributed by atoms with Crippen molar-refractivity contribution in [1.29, 1.82) is 0 Å². The Hall–Kier alpha value is -1.43. The van der Waals surface area contributed by atoms with E-state index in [9.17, 15) is 4.79 Å². The second-order valence-corrected chi connectivity index (χ2v) is 10.4. The van der Waals surface area contributed by atoms with Crippen LogP contribution in [0.2, 0.25) is 0 Å². The molecule has 5 heteroatoms. The number of piperidine rings is 2. The van der Waals surface area contributed by atoms with Crippen molar-refractivity contribution in [3.63, 3.8) is 0 Å². The first kappa shape index (κ1) is 21.8. The Morgan fingerprint density at radius 2 is 1.53 bits per heavy atom. The lowest BCUT2D eigenvalue weighted by molar-refractivity contribution is -0.137. The quantitative estimate of drug-likeness (QED) is 0.761. The zero-order valence-corrected chi connectivity index (χ0v) is 19.5. The Morgan fingerprint density at radius 3 is 2.20 bits per heavy atom. The minimum Gasteiger partial charge on any atom is -0.345 e. The molecule has 1 amide bonds. The maximum Gasteiger partial charge on any atom is 0.222 e. The van der Waals surface area contributed by atoms with Crippen LogP contribution in [0.3, 0.4) is 0 Å². The number of aryl methyl sites for hydroxylation is 1. The Labute approximate surface area is 183 Å². The molecule has 3 fully saturated rings. The van der Waals surface area contributed by atoms with Crippen LogP contribution < -0.4 is 0 Å². The van der Waals surface area contributed by atoms with Crippen LogP contribution in [0.1, 0.15) is 47.9 Å². The summed E-state index contributed by atoms with van der Waals surface area (Å²) in [4.78, 5) is 21.7. The number of nitrogens with zero attached hydrogens (tertiary/aromatic N) is 4. The summed E-state index contributed by atoms with van der Waals surface area (Å²) in [5.41, 5.74) is 6.17. The molecule has 5 nitrogen and oxygen atoms in total. The van der Waals surface area contributed by atoms with Crippen LogP contribution in [0.4, 0.5) is 0 Å². The number of rotatable bonds is 4. The van der Waals surface area contributed by atoms with Gasteiger partial charge in [-0.2, -0.15) is 0 Å². The number of amides is 1. The molecule has 3 saturated heterocycles. The lowest BCUT2D eigenvalue weighted by atomic mass is 9.73. The number of carbonyl (C=O) groups is 1. The van der Waals surface area contributed by atoms with Crippen LogP contribution in [0.15, 0.2) is 12.1 Å². The standard InChI is InChI=1S/C25H40N4O/c1-20-14-22(16-28-12-10-26(3)11-13-28)21(2)23(15-20)17-29-9-5-7-25(19-29)8-6-24(30)27(4)18-25/h14-15H,5-13,16-19H2,1-4H3. The van der Waals surface area contributed by atoms with Crippen LogP contribution in [0.5, 0.6) is 0 Å². The van der Waals surface area contributed by atoms with Crippen molar-refractivity contribution in [3.05, 3.63) is 34.4 Å². The van der Waals surface area contributed by atoms with Gasteiger partial charge in [0.2, 0.25) is 5.91 Å². The Balaban J connectivity index is 1.45. The molecule has 3 aliphatic heterocycles. The van der Waals surface area contributed by atoms with Gasteiger partial charge in [-0.3, -0.25) is 14.6 Å². The van der Waals surface area contributed by atoms with E-state index in [1.807, 2.05) is 11.9 Å². The molecule has 1 aromatic rings. The number of likely N-dealkylation sites (N-methyl/N-ethyl adjacent to an activating group) is 1. The van der Waals surface area contributed by atoms with Gasteiger partial charge in [-0.15, -0.1) is 0 Å². The molecule has 166 valence electrons. The van der Waals surface area contributed by atoms with Crippen LogP contribution >= 0.6 is 0 Å². The fourth-order valence-corrected chi connectivity index (χ4v) is 5.84. The van der Waals surface area contributed by atoms with Gasteiger partial charge in [-0.1, -0.05) is 17.7 Å². The summed E-state index contributed by atoms with van der Waals surface area (Å²) in [6.07, 6.45) is 4.31. The summed E-state index contributed by atoms with van der Waals surface area (Å²) in [7, 11) is 4.20. The summed E-state index contributed by atoms with van der Waals surface area (Å²) >= 11 is 0. The second-order valence-electron chi connectivity index (χ2n) is 10.4. The third-order valence-corrected chi connectivity index (χ3v) is 7.76. The van der Waals surface area contributed by atoms with E-state index in [0.29, 0.717) is 11.3 Å². The van der Waals surface area contributed by atoms with Gasteiger partial charge in [0.25, 0.3) is 0 Å². The van der Waals surface area contributed by atoms with E-state index >= 15 is 0 Å². The molecule has 0 bridgehead atoms. The van der Waals surface area contributed by atoms with Gasteiger partial charge in [0.1, 0.15) is 0 Å². The van der Waals surface area contributed by atoms with Gasteiger partial charge in [-0.05, 0) is 63.4 Å². The minimum atomic E-state index is 0.307. The highest BCUT2D eigenvalue weighted by Gasteiger charge is 2.40. The monoisotopic (exact) mass is 412 g/mol. The van der Waals surface area contributed by atoms with Gasteiger partial charge in [0.15, 0.2) is 0 Å². The van der Waals surface area contributed by atoms with E-state index < -0.39 is 0 Å². The van der Waals surface area contributed by atoms with Crippen LogP contribution in [-0.2, 0) is 17.9 Å². The molecular weight excluding hydrogens is 372 g/mol. The van der Waals surface area contributed by atoms with Gasteiger partial charge in [0.05, 0.1) is 0 Å². The van der Waals surface area contributed by atoms with Crippen LogP contribution in [0.25, 0.3) is 0 Å². The number of hydrogen-bond acceptors (Lipinski definition) is 4. The van der Waals surface area contributed by atoms with Crippen LogP contribution in [-0.4, -0.2) is 85.4 Å². The van der Waals surface area contributed by atoms with Gasteiger partial charge < -0.3 is 9.80 Å². The van der Waals surface area contributed by atoms with Crippen LogP contribution in [0, 0.1) is 19.3 Å². The molecule has 30 heavy (non-hydrogen) atoms. The number of benzene rings is 1. The molecule has 0 saturated carbocycles. The Bertz CT molecular complexity index is 771. The average molecular weight is 413 g/mol. The zero-order valence-electron chi connectivity index (χ0n) is 19.5. The SMILES string of the molecule is Cc1cc(CN2CCN(C)CC2)c(C)c(CN2CCCC3(CCC(=O)N(C)C3)C2)c1. The Morgan fingerprint density at radius 1 is 0.867 bits per heavy atom. The molecule has 1 spiro atoms. The number of hydrogen-bond donors (Lipinski definition) is 0. The third kappa shape index (κ3) is 4.90. The van der Waals surface area contributed by atoms with Crippen molar-refractivity contribution >= 4 is 5.91 Å². The highest BCUT2D eigenvalue weighted by molar-refractivity contribution is 5.76. The summed E-state index contributed by atoms with van der Waals surface area (Å²) in [5.74, 6) is 0.320. The molecule has 3 heterocycles. The number of carbonyl (C=O) groups excluding carboxylic acids is 1. The lowest BCUT2D eigenvalue weighted by Crippen LogP contribution is -2.52. The molecule has 1 unspecified atom stereocenters. The smallest absolute Gasteiger partial charge is 0.222 e. The molecule has 4 rings (SSSR count). The average Bonchev–Trinajstić information content (AvgIpc) is 2.71. The van der Waals surface area contributed by atoms with E-state index in [4.69, 9.17) is 0 Å². The molecule has 1 atom stereocenters. The van der Waals surface area contributed by atoms with E-state index in [1.54, 1.807) is 0 Å². The third-order valence-electron chi connectivity index (χ3n) is 7.76. The molecule has 0 radical (unpaired) electrons. The molecule has 0 N–H and O–H groups in total.